The highest BCUT2D eigenvalue weighted by Gasteiger charge is 2.09. The second-order valence-corrected chi connectivity index (χ2v) is 4.67. The molecule has 0 aliphatic carbocycles. The average Bonchev–Trinajstić information content (AvgIpc) is 2.38. The molecule has 1 aromatic carbocycles. The maximum Gasteiger partial charge on any atom is 0.292 e. The molecule has 2 aromatic rings. The van der Waals surface area contributed by atoms with E-state index >= 15 is 0 Å². The van der Waals surface area contributed by atoms with E-state index in [2.05, 4.69) is 20.9 Å². The van der Waals surface area contributed by atoms with Crippen LogP contribution in [-0.2, 0) is 6.61 Å². The zero-order valence-electron chi connectivity index (χ0n) is 10.3. The van der Waals surface area contributed by atoms with Crippen molar-refractivity contribution >= 4 is 15.9 Å². The molecule has 0 N–H and O–H groups in total. The van der Waals surface area contributed by atoms with Crippen LogP contribution in [0.5, 0.6) is 11.6 Å². The van der Waals surface area contributed by atoms with Gasteiger partial charge in [0.15, 0.2) is 0 Å². The Balaban J connectivity index is 2.17. The number of hydrogen-bond donors (Lipinski definition) is 0. The van der Waals surface area contributed by atoms with Gasteiger partial charge in [-0.3, -0.25) is 0 Å². The Hall–Kier alpha value is -2.06. The lowest BCUT2D eigenvalue weighted by Gasteiger charge is -2.10. The van der Waals surface area contributed by atoms with Gasteiger partial charge in [0.1, 0.15) is 12.4 Å². The molecule has 0 bridgehead atoms. The number of hydrogen-bond acceptors (Lipinski definition) is 4. The molecule has 0 spiro atoms. The van der Waals surface area contributed by atoms with E-state index in [0.717, 1.165) is 15.7 Å². The summed E-state index contributed by atoms with van der Waals surface area (Å²) in [4.78, 5) is 4.25. The summed E-state index contributed by atoms with van der Waals surface area (Å²) in [6.45, 7) is 2.17. The van der Waals surface area contributed by atoms with Crippen LogP contribution in [0.4, 0.5) is 0 Å². The Morgan fingerprint density at radius 2 is 2.05 bits per heavy atom. The first-order valence-corrected chi connectivity index (χ1v) is 6.40. The van der Waals surface area contributed by atoms with Gasteiger partial charge >= 0.3 is 0 Å². The van der Waals surface area contributed by atoms with E-state index in [0.29, 0.717) is 11.6 Å². The normalized spacial score (nSPS) is 9.74. The van der Waals surface area contributed by atoms with Crippen molar-refractivity contribution in [1.82, 2.24) is 4.98 Å². The molecule has 96 valence electrons. The summed E-state index contributed by atoms with van der Waals surface area (Å²) in [7, 11) is 0. The molecule has 5 heteroatoms. The monoisotopic (exact) mass is 318 g/mol. The van der Waals surface area contributed by atoms with Gasteiger partial charge in [-0.2, -0.15) is 0 Å². The van der Waals surface area contributed by atoms with Gasteiger partial charge in [0.2, 0.25) is 5.88 Å². The smallest absolute Gasteiger partial charge is 0.292 e. The van der Waals surface area contributed by atoms with E-state index in [1.54, 1.807) is 24.5 Å². The predicted octanol–water partition coefficient (Wildman–Crippen LogP) is 3.59. The van der Waals surface area contributed by atoms with Crippen LogP contribution in [0.25, 0.3) is 0 Å². The number of aromatic nitrogens is 1. The molecule has 0 saturated carbocycles. The van der Waals surface area contributed by atoms with Crippen LogP contribution in [0.3, 0.4) is 0 Å². The quantitative estimate of drug-likeness (QED) is 0.808. The third-order valence-electron chi connectivity index (χ3n) is 2.46. The summed E-state index contributed by atoms with van der Waals surface area (Å²) >= 11 is 3.42. The SMILES string of the molecule is Cc1cccc(OCc2c(Br)cccc2OC#N)n1. The minimum absolute atomic E-state index is 0.273. The van der Waals surface area contributed by atoms with Crippen LogP contribution in [0.1, 0.15) is 11.3 Å². The second kappa shape index (κ2) is 6.21. The third kappa shape index (κ3) is 3.46. The van der Waals surface area contributed by atoms with Gasteiger partial charge in [0.05, 0.1) is 0 Å². The van der Waals surface area contributed by atoms with Gasteiger partial charge in [-0.15, -0.1) is 5.26 Å². The molecule has 0 aliphatic heterocycles. The number of aryl methyl sites for hydroxylation is 1. The first-order valence-electron chi connectivity index (χ1n) is 5.60. The van der Waals surface area contributed by atoms with Crippen molar-refractivity contribution in [1.29, 1.82) is 5.26 Å². The molecule has 4 nitrogen and oxygen atoms in total. The fourth-order valence-electron chi connectivity index (χ4n) is 1.57. The first kappa shape index (κ1) is 13.4. The summed E-state index contributed by atoms with van der Waals surface area (Å²) in [5, 5.41) is 8.62. The van der Waals surface area contributed by atoms with Crippen molar-refractivity contribution in [2.75, 3.05) is 0 Å². The first-order chi connectivity index (χ1) is 9.20. The lowest BCUT2D eigenvalue weighted by atomic mass is 10.2. The van der Waals surface area contributed by atoms with Crippen molar-refractivity contribution in [2.45, 2.75) is 13.5 Å². The van der Waals surface area contributed by atoms with Crippen LogP contribution in [0.15, 0.2) is 40.9 Å². The number of pyridine rings is 1. The van der Waals surface area contributed by atoms with E-state index in [4.69, 9.17) is 14.7 Å². The maximum absolute atomic E-state index is 8.62. The highest BCUT2D eigenvalue weighted by atomic mass is 79.9. The fraction of sp³-hybridized carbons (Fsp3) is 0.143. The number of halogens is 1. The van der Waals surface area contributed by atoms with Crippen LogP contribution >= 0.6 is 15.9 Å². The van der Waals surface area contributed by atoms with E-state index < -0.39 is 0 Å². The second-order valence-electron chi connectivity index (χ2n) is 3.82. The Morgan fingerprint density at radius 3 is 2.79 bits per heavy atom. The van der Waals surface area contributed by atoms with E-state index in [-0.39, 0.29) is 6.61 Å². The van der Waals surface area contributed by atoms with Crippen LogP contribution < -0.4 is 9.47 Å². The minimum Gasteiger partial charge on any atom is -0.473 e. The molecule has 0 fully saturated rings. The number of ether oxygens (including phenoxy) is 2. The largest absolute Gasteiger partial charge is 0.473 e. The van der Waals surface area contributed by atoms with Crippen molar-refractivity contribution in [2.24, 2.45) is 0 Å². The Kier molecular flexibility index (Phi) is 4.37. The maximum atomic E-state index is 8.62. The molecule has 2 rings (SSSR count). The summed E-state index contributed by atoms with van der Waals surface area (Å²) in [5.41, 5.74) is 1.66. The molecule has 0 amide bonds. The van der Waals surface area contributed by atoms with Gasteiger partial charge in [-0.25, -0.2) is 4.98 Å². The highest BCUT2D eigenvalue weighted by molar-refractivity contribution is 9.10. The molecule has 0 saturated heterocycles. The van der Waals surface area contributed by atoms with Crippen molar-refractivity contribution in [3.8, 4) is 17.9 Å². The molecular formula is C14H11BrN2O2. The summed E-state index contributed by atoms with van der Waals surface area (Å²) < 4.78 is 11.3. The molecule has 0 unspecified atom stereocenters. The van der Waals surface area contributed by atoms with Crippen molar-refractivity contribution in [3.05, 3.63) is 52.1 Å². The van der Waals surface area contributed by atoms with Gasteiger partial charge in [-0.1, -0.05) is 28.1 Å². The van der Waals surface area contributed by atoms with Gasteiger partial charge < -0.3 is 9.47 Å². The lowest BCUT2D eigenvalue weighted by Crippen LogP contribution is -2.01. The van der Waals surface area contributed by atoms with Gasteiger partial charge in [0.25, 0.3) is 6.26 Å². The van der Waals surface area contributed by atoms with Crippen LogP contribution in [0, 0.1) is 18.4 Å². The summed E-state index contributed by atoms with van der Waals surface area (Å²) in [6, 6.07) is 10.9. The van der Waals surface area contributed by atoms with Gasteiger partial charge in [0, 0.05) is 21.8 Å². The molecule has 19 heavy (non-hydrogen) atoms. The number of benzene rings is 1. The standard InChI is InChI=1S/C14H11BrN2O2/c1-10-4-2-7-14(17-10)18-8-11-12(15)5-3-6-13(11)19-9-16/h2-7H,8H2,1H3. The highest BCUT2D eigenvalue weighted by Crippen LogP contribution is 2.27. The van der Waals surface area contributed by atoms with Crippen molar-refractivity contribution < 1.29 is 9.47 Å². The van der Waals surface area contributed by atoms with E-state index in [9.17, 15) is 0 Å². The minimum atomic E-state index is 0.273. The Labute approximate surface area is 119 Å². The number of nitrogens with zero attached hydrogens (tertiary/aromatic N) is 2. The zero-order valence-corrected chi connectivity index (χ0v) is 11.8. The number of rotatable bonds is 4. The number of nitriles is 1. The van der Waals surface area contributed by atoms with E-state index in [1.165, 1.54) is 0 Å². The molecule has 0 aliphatic rings. The van der Waals surface area contributed by atoms with Crippen LogP contribution in [-0.4, -0.2) is 4.98 Å². The Bertz CT molecular complexity index is 623. The lowest BCUT2D eigenvalue weighted by molar-refractivity contribution is 0.288. The zero-order chi connectivity index (χ0) is 13.7. The van der Waals surface area contributed by atoms with Gasteiger partial charge in [-0.05, 0) is 25.1 Å². The Morgan fingerprint density at radius 1 is 1.26 bits per heavy atom. The molecular weight excluding hydrogens is 308 g/mol. The fourth-order valence-corrected chi connectivity index (χ4v) is 2.03. The van der Waals surface area contributed by atoms with E-state index in [1.807, 2.05) is 25.1 Å². The predicted molar refractivity (Wildman–Crippen MR) is 73.7 cm³/mol. The molecule has 1 aromatic heterocycles. The summed E-state index contributed by atoms with van der Waals surface area (Å²) in [5.74, 6) is 1.02. The third-order valence-corrected chi connectivity index (χ3v) is 3.20. The van der Waals surface area contributed by atoms with Crippen molar-refractivity contribution in [3.63, 3.8) is 0 Å². The molecule has 0 atom stereocenters. The summed E-state index contributed by atoms with van der Waals surface area (Å²) in [6.07, 6.45) is 1.67. The molecule has 0 radical (unpaired) electrons. The van der Waals surface area contributed by atoms with Crippen LogP contribution in [0.2, 0.25) is 0 Å². The average molecular weight is 319 g/mol. The molecule has 1 heterocycles. The topological polar surface area (TPSA) is 55.1 Å².